The van der Waals surface area contributed by atoms with E-state index in [4.69, 9.17) is 27.9 Å². The van der Waals surface area contributed by atoms with E-state index in [0.717, 1.165) is 16.0 Å². The van der Waals surface area contributed by atoms with Crippen molar-refractivity contribution in [3.63, 3.8) is 0 Å². The van der Waals surface area contributed by atoms with Crippen molar-refractivity contribution >= 4 is 46.3 Å². The Kier molecular flexibility index (Phi) is 5.86. The average molecular weight is 459 g/mol. The van der Waals surface area contributed by atoms with Gasteiger partial charge >= 0.3 is 0 Å². The molecule has 0 spiro atoms. The summed E-state index contributed by atoms with van der Waals surface area (Å²) in [5, 5.41) is 0.685. The molecule has 0 saturated carbocycles. The Morgan fingerprint density at radius 3 is 2.23 bits per heavy atom. The van der Waals surface area contributed by atoms with Crippen molar-refractivity contribution in [3.8, 4) is 0 Å². The quantitative estimate of drug-likeness (QED) is 0.606. The second kappa shape index (κ2) is 8.30. The highest BCUT2D eigenvalue weighted by Crippen LogP contribution is 2.39. The minimum Gasteiger partial charge on any atom is -0.372 e. The largest absolute Gasteiger partial charge is 0.372 e. The van der Waals surface area contributed by atoms with Gasteiger partial charge in [-0.15, -0.1) is 0 Å². The molecule has 0 radical (unpaired) electrons. The van der Waals surface area contributed by atoms with E-state index < -0.39 is 11.8 Å². The van der Waals surface area contributed by atoms with Crippen molar-refractivity contribution in [3.05, 3.63) is 68.8 Å². The maximum absolute atomic E-state index is 13.7. The number of benzene rings is 2. The molecule has 5 nitrogen and oxygen atoms in total. The SMILES string of the molecule is Cc1ccc(C2=C(N3CC(C)OC(C)C3)C(=O)N(c3cc(Cl)ccc3Cl)C2=O)cc1C. The summed E-state index contributed by atoms with van der Waals surface area (Å²) in [6, 6.07) is 10.6. The van der Waals surface area contributed by atoms with Crippen LogP contribution in [0.1, 0.15) is 30.5 Å². The summed E-state index contributed by atoms with van der Waals surface area (Å²) in [6.45, 7) is 8.97. The number of carbonyl (C=O) groups is 2. The number of anilines is 1. The summed E-state index contributed by atoms with van der Waals surface area (Å²) in [4.78, 5) is 30.5. The highest BCUT2D eigenvalue weighted by atomic mass is 35.5. The Labute approximate surface area is 192 Å². The van der Waals surface area contributed by atoms with Crippen molar-refractivity contribution < 1.29 is 14.3 Å². The van der Waals surface area contributed by atoms with Gasteiger partial charge in [0.25, 0.3) is 11.8 Å². The van der Waals surface area contributed by atoms with E-state index in [1.165, 1.54) is 0 Å². The van der Waals surface area contributed by atoms with Crippen molar-refractivity contribution in [1.82, 2.24) is 4.90 Å². The number of hydrogen-bond donors (Lipinski definition) is 0. The number of imide groups is 1. The molecule has 7 heteroatoms. The van der Waals surface area contributed by atoms with Crippen molar-refractivity contribution in [1.29, 1.82) is 0 Å². The van der Waals surface area contributed by atoms with E-state index in [2.05, 4.69) is 0 Å². The predicted molar refractivity (Wildman–Crippen MR) is 123 cm³/mol. The van der Waals surface area contributed by atoms with Gasteiger partial charge < -0.3 is 9.64 Å². The molecule has 2 aromatic carbocycles. The predicted octanol–water partition coefficient (Wildman–Crippen LogP) is 5.00. The van der Waals surface area contributed by atoms with E-state index in [9.17, 15) is 9.59 Å². The van der Waals surface area contributed by atoms with Crippen LogP contribution in [-0.2, 0) is 14.3 Å². The van der Waals surface area contributed by atoms with Gasteiger partial charge in [-0.2, -0.15) is 0 Å². The topological polar surface area (TPSA) is 49.9 Å². The third-order valence-electron chi connectivity index (χ3n) is 5.74. The molecule has 2 amide bonds. The number of nitrogens with zero attached hydrogens (tertiary/aromatic N) is 2. The molecule has 2 unspecified atom stereocenters. The van der Waals surface area contributed by atoms with Crippen LogP contribution >= 0.6 is 23.2 Å². The summed E-state index contributed by atoms with van der Waals surface area (Å²) in [5.74, 6) is -0.803. The molecule has 0 aromatic heterocycles. The van der Waals surface area contributed by atoms with Gasteiger partial charge in [-0.05, 0) is 62.6 Å². The molecule has 2 atom stereocenters. The first-order valence-electron chi connectivity index (χ1n) is 10.2. The molecule has 2 aromatic rings. The Bertz CT molecular complexity index is 1100. The number of amides is 2. The monoisotopic (exact) mass is 458 g/mol. The molecule has 2 aliphatic heterocycles. The maximum atomic E-state index is 13.7. The Morgan fingerprint density at radius 1 is 0.903 bits per heavy atom. The molecule has 162 valence electrons. The summed E-state index contributed by atoms with van der Waals surface area (Å²) in [5.41, 5.74) is 3.93. The van der Waals surface area contributed by atoms with Crippen molar-refractivity contribution in [2.24, 2.45) is 0 Å². The summed E-state index contributed by atoms with van der Waals surface area (Å²) < 4.78 is 5.85. The molecule has 0 bridgehead atoms. The lowest BCUT2D eigenvalue weighted by atomic mass is 9.99. The van der Waals surface area contributed by atoms with Gasteiger partial charge in [-0.3, -0.25) is 9.59 Å². The standard InChI is InChI=1S/C24H24Cl2N2O3/c1-13-5-6-17(9-14(13)2)21-22(27-11-15(3)31-16(4)12-27)24(30)28(23(21)29)20-10-18(25)7-8-19(20)26/h5-10,15-16H,11-12H2,1-4H3. The number of aryl methyl sites for hydroxylation is 2. The van der Waals surface area contributed by atoms with Gasteiger partial charge in [0.2, 0.25) is 0 Å². The lowest BCUT2D eigenvalue weighted by molar-refractivity contribution is -0.121. The highest BCUT2D eigenvalue weighted by molar-refractivity contribution is 6.47. The van der Waals surface area contributed by atoms with Crippen LogP contribution < -0.4 is 4.90 Å². The first kappa shape index (κ1) is 21.9. The number of hydrogen-bond acceptors (Lipinski definition) is 4. The van der Waals surface area contributed by atoms with E-state index >= 15 is 0 Å². The first-order chi connectivity index (χ1) is 14.7. The second-order valence-electron chi connectivity index (χ2n) is 8.23. The molecular formula is C24H24Cl2N2O3. The van der Waals surface area contributed by atoms with Crippen LogP contribution in [0.4, 0.5) is 5.69 Å². The normalized spacial score (nSPS) is 22.0. The van der Waals surface area contributed by atoms with Crippen molar-refractivity contribution in [2.45, 2.75) is 39.9 Å². The highest BCUT2D eigenvalue weighted by Gasteiger charge is 2.44. The molecule has 2 heterocycles. The van der Waals surface area contributed by atoms with Crippen LogP contribution in [0, 0.1) is 13.8 Å². The lowest BCUT2D eigenvalue weighted by Gasteiger charge is -2.37. The molecule has 0 aliphatic carbocycles. The molecule has 1 saturated heterocycles. The third kappa shape index (κ3) is 3.98. The summed E-state index contributed by atoms with van der Waals surface area (Å²) >= 11 is 12.5. The minimum atomic E-state index is -0.404. The van der Waals surface area contributed by atoms with Gasteiger partial charge in [0.05, 0.1) is 28.5 Å². The van der Waals surface area contributed by atoms with Crippen LogP contribution in [0.2, 0.25) is 10.0 Å². The Hall–Kier alpha value is -2.34. The molecule has 2 aliphatic rings. The van der Waals surface area contributed by atoms with E-state index in [0.29, 0.717) is 34.9 Å². The maximum Gasteiger partial charge on any atom is 0.282 e. The molecule has 31 heavy (non-hydrogen) atoms. The van der Waals surface area contributed by atoms with E-state index in [1.54, 1.807) is 18.2 Å². The van der Waals surface area contributed by atoms with Crippen LogP contribution in [0.15, 0.2) is 42.1 Å². The van der Waals surface area contributed by atoms with E-state index in [1.807, 2.05) is 50.8 Å². The Balaban J connectivity index is 1.89. The second-order valence-corrected chi connectivity index (χ2v) is 9.07. The zero-order chi connectivity index (χ0) is 22.4. The van der Waals surface area contributed by atoms with Crippen LogP contribution in [0.25, 0.3) is 5.57 Å². The van der Waals surface area contributed by atoms with Gasteiger partial charge in [0, 0.05) is 18.1 Å². The number of morpholine rings is 1. The average Bonchev–Trinajstić information content (AvgIpc) is 2.95. The molecule has 1 fully saturated rings. The summed E-state index contributed by atoms with van der Waals surface area (Å²) in [6.07, 6.45) is -0.132. The lowest BCUT2D eigenvalue weighted by Crippen LogP contribution is -2.47. The van der Waals surface area contributed by atoms with Gasteiger partial charge in [-0.1, -0.05) is 41.4 Å². The zero-order valence-electron chi connectivity index (χ0n) is 17.9. The fourth-order valence-electron chi connectivity index (χ4n) is 4.21. The minimum absolute atomic E-state index is 0.0658. The Morgan fingerprint density at radius 2 is 1.58 bits per heavy atom. The van der Waals surface area contributed by atoms with Crippen LogP contribution in [0.3, 0.4) is 0 Å². The number of halogens is 2. The smallest absolute Gasteiger partial charge is 0.282 e. The fourth-order valence-corrected chi connectivity index (χ4v) is 4.57. The fraction of sp³-hybridized carbons (Fsp3) is 0.333. The first-order valence-corrected chi connectivity index (χ1v) is 11.0. The molecule has 4 rings (SSSR count). The van der Waals surface area contributed by atoms with Gasteiger partial charge in [-0.25, -0.2) is 4.90 Å². The van der Waals surface area contributed by atoms with Crippen LogP contribution in [0.5, 0.6) is 0 Å². The molecule has 0 N–H and O–H groups in total. The van der Waals surface area contributed by atoms with Crippen molar-refractivity contribution in [2.75, 3.05) is 18.0 Å². The van der Waals surface area contributed by atoms with E-state index in [-0.39, 0.29) is 22.9 Å². The number of carbonyl (C=O) groups excluding carboxylic acids is 2. The number of ether oxygens (including phenoxy) is 1. The van der Waals surface area contributed by atoms with Gasteiger partial charge in [0.15, 0.2) is 0 Å². The number of rotatable bonds is 3. The third-order valence-corrected chi connectivity index (χ3v) is 6.29. The summed E-state index contributed by atoms with van der Waals surface area (Å²) in [7, 11) is 0. The zero-order valence-corrected chi connectivity index (χ0v) is 19.4. The van der Waals surface area contributed by atoms with Crippen LogP contribution in [-0.4, -0.2) is 42.0 Å². The molecular weight excluding hydrogens is 435 g/mol. The van der Waals surface area contributed by atoms with Gasteiger partial charge in [0.1, 0.15) is 5.70 Å².